The van der Waals surface area contributed by atoms with Crippen LogP contribution >= 0.6 is 11.6 Å². The number of alkyl carbamates (subject to hydrolysis) is 1. The molecule has 1 aliphatic carbocycles. The van der Waals surface area contributed by atoms with Gasteiger partial charge < -0.3 is 15.0 Å². The monoisotopic (exact) mass is 366 g/mol. The molecule has 2 fully saturated rings. The van der Waals surface area contributed by atoms with Crippen molar-refractivity contribution < 1.29 is 9.53 Å². The van der Waals surface area contributed by atoms with Crippen LogP contribution in [0.2, 0.25) is 5.28 Å². The molecule has 2 aliphatic rings. The highest BCUT2D eigenvalue weighted by Gasteiger charge is 2.28. The lowest BCUT2D eigenvalue weighted by molar-refractivity contribution is 0.0509. The van der Waals surface area contributed by atoms with Crippen molar-refractivity contribution in [3.63, 3.8) is 0 Å². The van der Waals surface area contributed by atoms with Crippen molar-refractivity contribution in [1.29, 1.82) is 0 Å². The van der Waals surface area contributed by atoms with Gasteiger partial charge in [0, 0.05) is 25.1 Å². The van der Waals surface area contributed by atoms with Gasteiger partial charge in [-0.2, -0.15) is 0 Å². The van der Waals surface area contributed by atoms with Crippen LogP contribution in [0.5, 0.6) is 0 Å². The Bertz CT molecular complexity index is 626. The molecule has 1 unspecified atom stereocenters. The van der Waals surface area contributed by atoms with E-state index in [1.165, 1.54) is 25.7 Å². The summed E-state index contributed by atoms with van der Waals surface area (Å²) in [6.45, 7) is 7.12. The summed E-state index contributed by atoms with van der Waals surface area (Å²) in [6, 6.07) is 2.12. The minimum atomic E-state index is -0.487. The van der Waals surface area contributed by atoms with Crippen molar-refractivity contribution in [2.75, 3.05) is 18.0 Å². The van der Waals surface area contributed by atoms with Gasteiger partial charge in [0.2, 0.25) is 5.28 Å². The van der Waals surface area contributed by atoms with Crippen molar-refractivity contribution in [1.82, 2.24) is 15.3 Å². The van der Waals surface area contributed by atoms with Crippen LogP contribution in [-0.2, 0) is 4.74 Å². The summed E-state index contributed by atoms with van der Waals surface area (Å²) in [7, 11) is 0. The lowest BCUT2D eigenvalue weighted by Crippen LogP contribution is -2.40. The molecule has 1 aromatic rings. The van der Waals surface area contributed by atoms with Crippen LogP contribution in [0, 0.1) is 0 Å². The smallest absolute Gasteiger partial charge is 0.407 e. The van der Waals surface area contributed by atoms with Gasteiger partial charge in [0.25, 0.3) is 0 Å². The van der Waals surface area contributed by atoms with E-state index in [1.54, 1.807) is 0 Å². The standard InChI is InChI=1S/C18H27ClN4O2/c1-18(2,3)25-17(24)20-13-8-9-23(11-13)15-10-14(21-16(19)22-15)12-6-4-5-7-12/h10,12-13H,4-9,11H2,1-3H3,(H,20,24). The molecule has 1 atom stereocenters. The average molecular weight is 367 g/mol. The molecule has 1 N–H and O–H groups in total. The first-order valence-corrected chi connectivity index (χ1v) is 9.47. The Balaban J connectivity index is 1.62. The van der Waals surface area contributed by atoms with Crippen LogP contribution < -0.4 is 10.2 Å². The minimum Gasteiger partial charge on any atom is -0.444 e. The number of carbonyl (C=O) groups excluding carboxylic acids is 1. The maximum atomic E-state index is 11.9. The number of nitrogens with zero attached hydrogens (tertiary/aromatic N) is 3. The minimum absolute atomic E-state index is 0.0542. The number of carbonyl (C=O) groups is 1. The maximum absolute atomic E-state index is 11.9. The Labute approximate surface area is 154 Å². The molecule has 6 nitrogen and oxygen atoms in total. The normalized spacial score (nSPS) is 21.6. The summed E-state index contributed by atoms with van der Waals surface area (Å²) in [5.41, 5.74) is 0.565. The fraction of sp³-hybridized carbons (Fsp3) is 0.722. The highest BCUT2D eigenvalue weighted by Crippen LogP contribution is 2.35. The molecule has 0 spiro atoms. The topological polar surface area (TPSA) is 67.3 Å². The van der Waals surface area contributed by atoms with Gasteiger partial charge in [0.1, 0.15) is 11.4 Å². The average Bonchev–Trinajstić information content (AvgIpc) is 3.15. The van der Waals surface area contributed by atoms with E-state index in [0.717, 1.165) is 24.5 Å². The van der Waals surface area contributed by atoms with E-state index >= 15 is 0 Å². The molecule has 1 aromatic heterocycles. The Morgan fingerprint density at radius 2 is 2.00 bits per heavy atom. The molecule has 7 heteroatoms. The van der Waals surface area contributed by atoms with Crippen molar-refractivity contribution >= 4 is 23.5 Å². The van der Waals surface area contributed by atoms with Gasteiger partial charge in [-0.3, -0.25) is 0 Å². The van der Waals surface area contributed by atoms with E-state index in [1.807, 2.05) is 20.8 Å². The molecule has 138 valence electrons. The molecule has 25 heavy (non-hydrogen) atoms. The number of amides is 1. The fourth-order valence-corrected chi connectivity index (χ4v) is 3.76. The molecule has 0 radical (unpaired) electrons. The van der Waals surface area contributed by atoms with Gasteiger partial charge in [-0.1, -0.05) is 12.8 Å². The maximum Gasteiger partial charge on any atom is 0.407 e. The quantitative estimate of drug-likeness (QED) is 0.822. The molecule has 3 rings (SSSR count). The third-order valence-corrected chi connectivity index (χ3v) is 4.88. The van der Waals surface area contributed by atoms with Gasteiger partial charge in [-0.05, 0) is 51.6 Å². The second kappa shape index (κ2) is 7.36. The Kier molecular flexibility index (Phi) is 5.37. The summed E-state index contributed by atoms with van der Waals surface area (Å²) < 4.78 is 5.33. The number of aromatic nitrogens is 2. The second-order valence-corrected chi connectivity index (χ2v) is 8.32. The molecule has 2 heterocycles. The first-order valence-electron chi connectivity index (χ1n) is 9.09. The lowest BCUT2D eigenvalue weighted by atomic mass is 10.0. The zero-order chi connectivity index (χ0) is 18.0. The zero-order valence-corrected chi connectivity index (χ0v) is 16.0. The van der Waals surface area contributed by atoms with Crippen LogP contribution in [0.4, 0.5) is 10.6 Å². The highest BCUT2D eigenvalue weighted by molar-refractivity contribution is 6.28. The van der Waals surface area contributed by atoms with Crippen LogP contribution in [0.15, 0.2) is 6.07 Å². The van der Waals surface area contributed by atoms with Crippen molar-refractivity contribution in [2.24, 2.45) is 0 Å². The van der Waals surface area contributed by atoms with E-state index in [9.17, 15) is 4.79 Å². The summed E-state index contributed by atoms with van der Waals surface area (Å²) >= 11 is 6.16. The summed E-state index contributed by atoms with van der Waals surface area (Å²) in [4.78, 5) is 22.9. The predicted molar refractivity (Wildman–Crippen MR) is 98.2 cm³/mol. The number of hydrogen-bond acceptors (Lipinski definition) is 5. The van der Waals surface area contributed by atoms with Crippen molar-refractivity contribution in [2.45, 2.75) is 70.4 Å². The van der Waals surface area contributed by atoms with Crippen LogP contribution in [0.1, 0.15) is 64.5 Å². The van der Waals surface area contributed by atoms with Crippen LogP contribution in [0.25, 0.3) is 0 Å². The first-order chi connectivity index (χ1) is 11.8. The molecule has 1 saturated carbocycles. The third-order valence-electron chi connectivity index (χ3n) is 4.71. The third kappa shape index (κ3) is 4.97. The number of halogens is 1. The Morgan fingerprint density at radius 1 is 1.28 bits per heavy atom. The van der Waals surface area contributed by atoms with E-state index in [0.29, 0.717) is 17.7 Å². The lowest BCUT2D eigenvalue weighted by Gasteiger charge is -2.22. The van der Waals surface area contributed by atoms with Gasteiger partial charge in [-0.15, -0.1) is 0 Å². The zero-order valence-electron chi connectivity index (χ0n) is 15.2. The van der Waals surface area contributed by atoms with Crippen molar-refractivity contribution in [3.05, 3.63) is 17.0 Å². The fourth-order valence-electron chi connectivity index (χ4n) is 3.58. The van der Waals surface area contributed by atoms with Crippen LogP contribution in [-0.4, -0.2) is 40.8 Å². The van der Waals surface area contributed by atoms with Gasteiger partial charge in [0.05, 0.1) is 11.7 Å². The summed E-state index contributed by atoms with van der Waals surface area (Å²) in [5.74, 6) is 1.35. The van der Waals surface area contributed by atoms with E-state index in [2.05, 4.69) is 26.3 Å². The molecule has 1 aliphatic heterocycles. The van der Waals surface area contributed by atoms with Gasteiger partial charge >= 0.3 is 6.09 Å². The van der Waals surface area contributed by atoms with Gasteiger partial charge in [-0.25, -0.2) is 14.8 Å². The number of hydrogen-bond donors (Lipinski definition) is 1. The number of ether oxygens (including phenoxy) is 1. The largest absolute Gasteiger partial charge is 0.444 e. The number of rotatable bonds is 3. The Hall–Kier alpha value is -1.56. The summed E-state index contributed by atoms with van der Waals surface area (Å²) in [5, 5.41) is 3.25. The second-order valence-electron chi connectivity index (χ2n) is 7.98. The number of nitrogens with one attached hydrogen (secondary N) is 1. The molecular formula is C18H27ClN4O2. The first kappa shape index (κ1) is 18.2. The molecule has 1 amide bonds. The van der Waals surface area contributed by atoms with Crippen LogP contribution in [0.3, 0.4) is 0 Å². The number of anilines is 1. The molecule has 0 bridgehead atoms. The summed E-state index contributed by atoms with van der Waals surface area (Å²) in [6.07, 6.45) is 5.36. The van der Waals surface area contributed by atoms with Gasteiger partial charge in [0.15, 0.2) is 0 Å². The van der Waals surface area contributed by atoms with Crippen molar-refractivity contribution in [3.8, 4) is 0 Å². The van der Waals surface area contributed by atoms with E-state index < -0.39 is 5.60 Å². The van der Waals surface area contributed by atoms with E-state index in [-0.39, 0.29) is 12.1 Å². The van der Waals surface area contributed by atoms with E-state index in [4.69, 9.17) is 16.3 Å². The molecule has 1 saturated heterocycles. The SMILES string of the molecule is CC(C)(C)OC(=O)NC1CCN(c2cc(C3CCCC3)nc(Cl)n2)C1. The molecular weight excluding hydrogens is 340 g/mol. The predicted octanol–water partition coefficient (Wildman–Crippen LogP) is 3.89. The molecule has 0 aromatic carbocycles. The Morgan fingerprint density at radius 3 is 2.68 bits per heavy atom. The highest BCUT2D eigenvalue weighted by atomic mass is 35.5.